The number of benzene rings is 1. The molecule has 0 fully saturated rings. The molecule has 0 atom stereocenters. The summed E-state index contributed by atoms with van der Waals surface area (Å²) in [5.41, 5.74) is 6.89. The van der Waals surface area contributed by atoms with E-state index in [0.717, 1.165) is 13.1 Å². The van der Waals surface area contributed by atoms with Crippen LogP contribution in [0.15, 0.2) is 12.1 Å². The predicted octanol–water partition coefficient (Wildman–Crippen LogP) is 1.56. The Kier molecular flexibility index (Phi) is 4.27. The maximum atomic E-state index is 12.3. The van der Waals surface area contributed by atoms with Crippen LogP contribution in [0.2, 0.25) is 0 Å². The molecule has 0 spiro atoms. The van der Waals surface area contributed by atoms with Gasteiger partial charge in [0.2, 0.25) is 0 Å². The van der Waals surface area contributed by atoms with Crippen molar-refractivity contribution in [3.8, 4) is 11.5 Å². The van der Waals surface area contributed by atoms with Gasteiger partial charge in [0.25, 0.3) is 0 Å². The molecule has 0 radical (unpaired) electrons. The van der Waals surface area contributed by atoms with Crippen LogP contribution in [-0.4, -0.2) is 43.5 Å². The van der Waals surface area contributed by atoms with Crippen molar-refractivity contribution < 1.29 is 14.3 Å². The van der Waals surface area contributed by atoms with Crippen molar-refractivity contribution in [3.63, 3.8) is 0 Å². The zero-order valence-corrected chi connectivity index (χ0v) is 11.4. The van der Waals surface area contributed by atoms with Crippen molar-refractivity contribution in [2.75, 3.05) is 38.6 Å². The molecule has 19 heavy (non-hydrogen) atoms. The monoisotopic (exact) mass is 264 g/mol. The first-order valence-electron chi connectivity index (χ1n) is 6.60. The van der Waals surface area contributed by atoms with E-state index in [2.05, 4.69) is 4.90 Å². The highest BCUT2D eigenvalue weighted by Gasteiger charge is 2.19. The normalized spacial score (nSPS) is 13.6. The van der Waals surface area contributed by atoms with Crippen molar-refractivity contribution in [2.24, 2.45) is 0 Å². The van der Waals surface area contributed by atoms with Gasteiger partial charge in [-0.1, -0.05) is 13.8 Å². The summed E-state index contributed by atoms with van der Waals surface area (Å²) >= 11 is 0. The summed E-state index contributed by atoms with van der Waals surface area (Å²) in [6.45, 7) is 7.13. The number of carbonyl (C=O) groups is 1. The first-order chi connectivity index (χ1) is 9.15. The number of nitrogens with two attached hydrogens (primary N) is 1. The maximum Gasteiger partial charge on any atom is 0.179 e. The van der Waals surface area contributed by atoms with Gasteiger partial charge in [0, 0.05) is 17.3 Å². The Morgan fingerprint density at radius 3 is 2.37 bits per heavy atom. The Morgan fingerprint density at radius 1 is 1.21 bits per heavy atom. The number of rotatable bonds is 5. The van der Waals surface area contributed by atoms with Gasteiger partial charge in [0.15, 0.2) is 17.3 Å². The van der Waals surface area contributed by atoms with Crippen molar-refractivity contribution >= 4 is 11.5 Å². The minimum absolute atomic E-state index is 0.0122. The summed E-state index contributed by atoms with van der Waals surface area (Å²) in [6, 6.07) is 3.36. The molecule has 1 aromatic rings. The van der Waals surface area contributed by atoms with Crippen LogP contribution in [0.3, 0.4) is 0 Å². The van der Waals surface area contributed by atoms with Gasteiger partial charge in [0.05, 0.1) is 6.54 Å². The van der Waals surface area contributed by atoms with Crippen LogP contribution in [0.5, 0.6) is 11.5 Å². The van der Waals surface area contributed by atoms with Gasteiger partial charge in [-0.15, -0.1) is 0 Å². The Morgan fingerprint density at radius 2 is 1.79 bits per heavy atom. The fourth-order valence-electron chi connectivity index (χ4n) is 2.08. The topological polar surface area (TPSA) is 64.8 Å². The minimum atomic E-state index is 0.0122. The number of fused-ring (bicyclic) bond motifs is 1. The number of anilines is 1. The second kappa shape index (κ2) is 5.93. The summed E-state index contributed by atoms with van der Waals surface area (Å²) in [6.07, 6.45) is 0. The standard InChI is InChI=1S/C14H20N2O3/c1-3-16(4-2)9-12(17)10-7-13-14(8-11(10)15)19-6-5-18-13/h7-8H,3-6,9,15H2,1-2H3. The number of Topliss-reactive ketones (excluding diaryl/α,β-unsaturated/α-hetero) is 1. The Balaban J connectivity index is 2.22. The molecule has 0 amide bonds. The number of likely N-dealkylation sites (N-methyl/N-ethyl adjacent to an activating group) is 1. The molecule has 0 bridgehead atoms. The zero-order valence-electron chi connectivity index (χ0n) is 11.4. The van der Waals surface area contributed by atoms with Crippen LogP contribution in [0, 0.1) is 0 Å². The van der Waals surface area contributed by atoms with Gasteiger partial charge in [-0.3, -0.25) is 9.69 Å². The van der Waals surface area contributed by atoms with E-state index in [1.54, 1.807) is 12.1 Å². The van der Waals surface area contributed by atoms with Crippen LogP contribution in [0.1, 0.15) is 24.2 Å². The lowest BCUT2D eigenvalue weighted by atomic mass is 10.1. The first-order valence-corrected chi connectivity index (χ1v) is 6.60. The molecule has 5 nitrogen and oxygen atoms in total. The van der Waals surface area contributed by atoms with Crippen molar-refractivity contribution in [2.45, 2.75) is 13.8 Å². The van der Waals surface area contributed by atoms with Gasteiger partial charge in [-0.05, 0) is 19.2 Å². The van der Waals surface area contributed by atoms with Crippen molar-refractivity contribution in [1.82, 2.24) is 4.90 Å². The van der Waals surface area contributed by atoms with Crippen LogP contribution in [0.4, 0.5) is 5.69 Å². The van der Waals surface area contributed by atoms with Crippen molar-refractivity contribution in [1.29, 1.82) is 0 Å². The third-order valence-corrected chi connectivity index (χ3v) is 3.28. The molecule has 0 saturated carbocycles. The molecular formula is C14H20N2O3. The lowest BCUT2D eigenvalue weighted by Gasteiger charge is -2.21. The summed E-state index contributed by atoms with van der Waals surface area (Å²) in [4.78, 5) is 14.3. The van der Waals surface area contributed by atoms with E-state index in [-0.39, 0.29) is 5.78 Å². The average molecular weight is 264 g/mol. The number of carbonyl (C=O) groups excluding carboxylic acids is 1. The molecule has 0 unspecified atom stereocenters. The second-order valence-corrected chi connectivity index (χ2v) is 4.47. The number of ether oxygens (including phenoxy) is 2. The van der Waals surface area contributed by atoms with E-state index in [1.807, 2.05) is 13.8 Å². The van der Waals surface area contributed by atoms with Crippen LogP contribution in [0.25, 0.3) is 0 Å². The van der Waals surface area contributed by atoms with E-state index in [1.165, 1.54) is 0 Å². The molecule has 0 aromatic heterocycles. The Hall–Kier alpha value is -1.75. The van der Waals surface area contributed by atoms with E-state index in [0.29, 0.717) is 42.5 Å². The molecule has 0 saturated heterocycles. The SMILES string of the molecule is CCN(CC)CC(=O)c1cc2c(cc1N)OCCO2. The lowest BCUT2D eigenvalue weighted by Crippen LogP contribution is -2.30. The molecule has 1 aromatic carbocycles. The number of nitrogen functional groups attached to an aromatic ring is 1. The van der Waals surface area contributed by atoms with Crippen LogP contribution < -0.4 is 15.2 Å². The second-order valence-electron chi connectivity index (χ2n) is 4.47. The van der Waals surface area contributed by atoms with Gasteiger partial charge in [-0.25, -0.2) is 0 Å². The van der Waals surface area contributed by atoms with Gasteiger partial charge < -0.3 is 15.2 Å². The molecule has 104 valence electrons. The number of hydrogen-bond donors (Lipinski definition) is 1. The number of ketones is 1. The summed E-state index contributed by atoms with van der Waals surface area (Å²) in [5, 5.41) is 0. The van der Waals surface area contributed by atoms with Crippen LogP contribution in [-0.2, 0) is 0 Å². The van der Waals surface area contributed by atoms with E-state index in [9.17, 15) is 4.79 Å². The highest BCUT2D eigenvalue weighted by molar-refractivity contribution is 6.02. The number of nitrogens with zero attached hydrogens (tertiary/aromatic N) is 1. The van der Waals surface area contributed by atoms with Crippen LogP contribution >= 0.6 is 0 Å². The summed E-state index contributed by atoms with van der Waals surface area (Å²) < 4.78 is 10.9. The third kappa shape index (κ3) is 2.98. The molecule has 2 N–H and O–H groups in total. The average Bonchev–Trinajstić information content (AvgIpc) is 2.43. The Bertz CT molecular complexity index is 470. The molecule has 1 aliphatic heterocycles. The van der Waals surface area contributed by atoms with E-state index in [4.69, 9.17) is 15.2 Å². The summed E-state index contributed by atoms with van der Waals surface area (Å²) in [5.74, 6) is 1.23. The fourth-order valence-corrected chi connectivity index (χ4v) is 2.08. The van der Waals surface area contributed by atoms with Gasteiger partial charge >= 0.3 is 0 Å². The van der Waals surface area contributed by atoms with Gasteiger partial charge in [-0.2, -0.15) is 0 Å². The molecular weight excluding hydrogens is 244 g/mol. The Labute approximate surface area is 113 Å². The van der Waals surface area contributed by atoms with E-state index < -0.39 is 0 Å². The van der Waals surface area contributed by atoms with Crippen molar-refractivity contribution in [3.05, 3.63) is 17.7 Å². The highest BCUT2D eigenvalue weighted by atomic mass is 16.6. The maximum absolute atomic E-state index is 12.3. The minimum Gasteiger partial charge on any atom is -0.486 e. The zero-order chi connectivity index (χ0) is 13.8. The molecule has 1 aliphatic rings. The lowest BCUT2D eigenvalue weighted by molar-refractivity contribution is 0.0937. The molecule has 2 rings (SSSR count). The molecule has 0 aliphatic carbocycles. The largest absolute Gasteiger partial charge is 0.486 e. The molecule has 5 heteroatoms. The van der Waals surface area contributed by atoms with E-state index >= 15 is 0 Å². The predicted molar refractivity (Wildman–Crippen MR) is 74.0 cm³/mol. The quantitative estimate of drug-likeness (QED) is 0.646. The first kappa shape index (κ1) is 13.7. The smallest absolute Gasteiger partial charge is 0.179 e. The highest BCUT2D eigenvalue weighted by Crippen LogP contribution is 2.34. The third-order valence-electron chi connectivity index (χ3n) is 3.28. The summed E-state index contributed by atoms with van der Waals surface area (Å²) in [7, 11) is 0. The molecule has 1 heterocycles. The fraction of sp³-hybridized carbons (Fsp3) is 0.500. The number of hydrogen-bond acceptors (Lipinski definition) is 5. The van der Waals surface area contributed by atoms with Gasteiger partial charge in [0.1, 0.15) is 13.2 Å².